The molecule has 10 aromatic rings. The van der Waals surface area contributed by atoms with E-state index in [1.54, 1.807) is 74.7 Å². The van der Waals surface area contributed by atoms with Gasteiger partial charge in [-0.25, -0.2) is 9.97 Å². The van der Waals surface area contributed by atoms with Crippen LogP contribution in [0.25, 0.3) is 55.0 Å². The molecule has 0 saturated heterocycles. The molecule has 0 saturated carbocycles. The van der Waals surface area contributed by atoms with Gasteiger partial charge in [-0.1, -0.05) is 24.3 Å². The standard InChI is InChI=1S/C30H27N5O4.C29H25N5O4.H/c1-17(2)39-25-7-5-6-22-27(25)30(38)34(28(22)36)13-12-26-32-23-14-18(3)8-11-21(23)29(37)35(26)20-10-9-19-16-31-33(4)24(19)15-20;1-16(2)38-24-6-4-5-21-26(24)29(37)33(27(21)35)12-11-25-31-23-13-17(3)7-10-20(23)28(36)34(25)19-9-8-18-15-30-32-22(18)14-19;/h5-11,14-17H,12-13H2,1-4H3;4-10,13-16H,11-12H2,1-3H3,(H,30,32);/q;;-1/i4-1;;. The van der Waals surface area contributed by atoms with Crippen LogP contribution in [0.2, 0.25) is 0 Å². The van der Waals surface area contributed by atoms with Crippen LogP contribution in [0.15, 0.2) is 131 Å². The summed E-state index contributed by atoms with van der Waals surface area (Å²) in [6.45, 7) is 11.5. The highest BCUT2D eigenvalue weighted by Crippen LogP contribution is 2.34. The molecule has 0 spiro atoms. The summed E-state index contributed by atoms with van der Waals surface area (Å²) in [6.07, 6.45) is 3.56. The van der Waals surface area contributed by atoms with Crippen molar-refractivity contribution in [3.8, 4) is 22.9 Å². The van der Waals surface area contributed by atoms with Crippen molar-refractivity contribution in [2.45, 2.75) is 66.6 Å². The van der Waals surface area contributed by atoms with Crippen LogP contribution in [0.4, 0.5) is 0 Å². The van der Waals surface area contributed by atoms with E-state index in [1.807, 2.05) is 109 Å². The monoisotopic (exact) mass is 1030 g/mol. The number of imide groups is 2. The first-order chi connectivity index (χ1) is 37.0. The van der Waals surface area contributed by atoms with E-state index in [0.29, 0.717) is 67.5 Å². The molecule has 388 valence electrons. The SMILES string of the molecule is Cc1ccc2c(=O)n(-c3ccc4cn[nH]c4c3)c(CCN3C(=O)c4cccc(OC(C)C)c4C3=O)nc2c1.Cc1ccc2c(=O)n(-c3ccc4cnn([11CH3])c4c3)c(CCN3C(=O)c4cccc(OC(C)C)c4C3=O)nc2c1.[H-]. The van der Waals surface area contributed by atoms with E-state index >= 15 is 0 Å². The van der Waals surface area contributed by atoms with E-state index in [-0.39, 0.29) is 73.6 Å². The minimum absolute atomic E-state index is 0. The second-order valence-electron chi connectivity index (χ2n) is 19.7. The zero-order chi connectivity index (χ0) is 54.0. The summed E-state index contributed by atoms with van der Waals surface area (Å²) < 4.78 is 16.5. The molecule has 18 heteroatoms. The number of fused-ring (bicyclic) bond motifs is 6. The van der Waals surface area contributed by atoms with Crippen LogP contribution in [-0.4, -0.2) is 97.8 Å². The number of benzene rings is 6. The number of carbonyl (C=O) groups is 4. The quantitative estimate of drug-likeness (QED) is 0.114. The topological polar surface area (TPSA) is 210 Å². The third-order valence-electron chi connectivity index (χ3n) is 13.6. The molecule has 2 aliphatic heterocycles. The number of aromatic amines is 1. The van der Waals surface area contributed by atoms with Gasteiger partial charge in [0, 0.05) is 43.8 Å². The van der Waals surface area contributed by atoms with Gasteiger partial charge in [0.25, 0.3) is 34.7 Å². The average molecular weight is 1030 g/mol. The Kier molecular flexibility index (Phi) is 12.6. The molecule has 1 N–H and O–H groups in total. The number of carbonyl (C=O) groups excluding carboxylic acids is 4. The van der Waals surface area contributed by atoms with Gasteiger partial charge in [0.15, 0.2) is 0 Å². The smallest absolute Gasteiger partial charge is 0.265 e. The van der Waals surface area contributed by atoms with Crippen molar-refractivity contribution in [3.63, 3.8) is 0 Å². The van der Waals surface area contributed by atoms with E-state index in [1.165, 1.54) is 9.80 Å². The summed E-state index contributed by atoms with van der Waals surface area (Å²) in [6, 6.07) is 32.4. The average Bonchev–Trinajstić information content (AvgIpc) is 4.15. The van der Waals surface area contributed by atoms with Crippen molar-refractivity contribution in [3.05, 3.63) is 187 Å². The number of aryl methyl sites for hydroxylation is 3. The van der Waals surface area contributed by atoms with Crippen LogP contribution in [0.3, 0.4) is 0 Å². The van der Waals surface area contributed by atoms with Crippen molar-refractivity contribution < 1.29 is 30.1 Å². The zero-order valence-electron chi connectivity index (χ0n) is 44.3. The van der Waals surface area contributed by atoms with Crippen molar-refractivity contribution in [1.82, 2.24) is 48.9 Å². The lowest BCUT2D eigenvalue weighted by Gasteiger charge is -2.18. The Labute approximate surface area is 441 Å². The van der Waals surface area contributed by atoms with Crippen molar-refractivity contribution in [1.29, 1.82) is 0 Å². The van der Waals surface area contributed by atoms with E-state index in [9.17, 15) is 28.8 Å². The van der Waals surface area contributed by atoms with E-state index in [2.05, 4.69) is 15.3 Å². The highest BCUT2D eigenvalue weighted by Gasteiger charge is 2.40. The van der Waals surface area contributed by atoms with Gasteiger partial charge >= 0.3 is 0 Å². The first kappa shape index (κ1) is 49.6. The van der Waals surface area contributed by atoms with E-state index in [4.69, 9.17) is 19.4 Å². The first-order valence-corrected chi connectivity index (χ1v) is 25.3. The number of nitrogens with one attached hydrogen (secondary N) is 1. The minimum atomic E-state index is -0.411. The normalized spacial score (nSPS) is 13.2. The third-order valence-corrected chi connectivity index (χ3v) is 13.6. The molecule has 0 radical (unpaired) electrons. The van der Waals surface area contributed by atoms with Crippen molar-refractivity contribution in [2.24, 2.45) is 7.05 Å². The van der Waals surface area contributed by atoms with Gasteiger partial charge in [0.1, 0.15) is 23.1 Å². The predicted octanol–water partition coefficient (Wildman–Crippen LogP) is 8.52. The number of ether oxygens (including phenoxy) is 2. The van der Waals surface area contributed by atoms with Crippen LogP contribution in [0.5, 0.6) is 11.5 Å². The molecular formula is C59H53N10O8-. The molecule has 0 bridgehead atoms. The molecule has 0 fully saturated rings. The molecule has 4 amide bonds. The Morgan fingerprint density at radius 1 is 0.558 bits per heavy atom. The molecule has 4 aromatic heterocycles. The largest absolute Gasteiger partial charge is 1.00 e. The van der Waals surface area contributed by atoms with Gasteiger partial charge in [0.05, 0.1) is 91.1 Å². The molecule has 6 aromatic carbocycles. The van der Waals surface area contributed by atoms with E-state index in [0.717, 1.165) is 32.9 Å². The third kappa shape index (κ3) is 8.96. The summed E-state index contributed by atoms with van der Waals surface area (Å²) >= 11 is 0. The van der Waals surface area contributed by atoms with E-state index < -0.39 is 11.8 Å². The van der Waals surface area contributed by atoms with Gasteiger partial charge < -0.3 is 10.9 Å². The number of amides is 4. The number of hydrogen-bond acceptors (Lipinski definition) is 12. The summed E-state index contributed by atoms with van der Waals surface area (Å²) in [5.74, 6) is 0.0943. The van der Waals surface area contributed by atoms with Gasteiger partial charge in [-0.2, -0.15) is 10.2 Å². The molecule has 0 aliphatic carbocycles. The molecule has 6 heterocycles. The van der Waals surface area contributed by atoms with Gasteiger partial charge in [-0.15, -0.1) is 0 Å². The van der Waals surface area contributed by atoms with Crippen LogP contribution in [0, 0.1) is 13.8 Å². The molecular weight excluding hydrogens is 976 g/mol. The summed E-state index contributed by atoms with van der Waals surface area (Å²) in [5, 5.41) is 14.2. The van der Waals surface area contributed by atoms with Crippen molar-refractivity contribution >= 4 is 67.2 Å². The van der Waals surface area contributed by atoms with Gasteiger partial charge in [0.2, 0.25) is 0 Å². The fourth-order valence-electron chi connectivity index (χ4n) is 10.0. The number of rotatable bonds is 12. The van der Waals surface area contributed by atoms with Crippen LogP contribution in [0.1, 0.15) is 93.3 Å². The Hall–Kier alpha value is -9.58. The van der Waals surface area contributed by atoms with Crippen LogP contribution in [-0.2, 0) is 19.9 Å². The number of aromatic nitrogens is 8. The van der Waals surface area contributed by atoms with Gasteiger partial charge in [-0.3, -0.25) is 57.5 Å². The maximum Gasteiger partial charge on any atom is 0.265 e. The molecule has 2 aliphatic rings. The number of hydrogen-bond donors (Lipinski definition) is 1. The first-order valence-electron chi connectivity index (χ1n) is 25.3. The van der Waals surface area contributed by atoms with Gasteiger partial charge in [-0.05, 0) is 138 Å². The van der Waals surface area contributed by atoms with Crippen molar-refractivity contribution in [2.75, 3.05) is 13.1 Å². The fourth-order valence-corrected chi connectivity index (χ4v) is 10.0. The fraction of sp³-hybridized carbons (Fsp3) is 0.220. The lowest BCUT2D eigenvalue weighted by Crippen LogP contribution is -2.33. The Morgan fingerprint density at radius 3 is 1.56 bits per heavy atom. The Balaban J connectivity index is 0.000000174. The van der Waals surface area contributed by atoms with Crippen LogP contribution >= 0.6 is 0 Å². The minimum Gasteiger partial charge on any atom is -1.00 e. The summed E-state index contributed by atoms with van der Waals surface area (Å²) in [4.78, 5) is 92.8. The maximum atomic E-state index is 13.8. The molecule has 12 rings (SSSR count). The summed E-state index contributed by atoms with van der Waals surface area (Å²) in [7, 11) is 1.84. The molecule has 0 atom stereocenters. The Bertz CT molecular complexity index is 4230. The highest BCUT2D eigenvalue weighted by molar-refractivity contribution is 6.23. The molecule has 18 nitrogen and oxygen atoms in total. The lowest BCUT2D eigenvalue weighted by atomic mass is 10.1. The number of H-pyrrole nitrogens is 1. The predicted molar refractivity (Wildman–Crippen MR) is 292 cm³/mol. The second kappa shape index (κ2) is 19.6. The zero-order valence-corrected chi connectivity index (χ0v) is 43.3. The number of nitrogens with zero attached hydrogens (tertiary/aromatic N) is 9. The second-order valence-corrected chi connectivity index (χ2v) is 19.7. The summed E-state index contributed by atoms with van der Waals surface area (Å²) in [5.41, 5.74) is 6.74. The highest BCUT2D eigenvalue weighted by atomic mass is 16.5. The Morgan fingerprint density at radius 2 is 1.05 bits per heavy atom. The molecule has 0 unspecified atom stereocenters. The maximum absolute atomic E-state index is 13.8. The molecule has 77 heavy (non-hydrogen) atoms. The van der Waals surface area contributed by atoms with Crippen LogP contribution < -0.4 is 20.6 Å². The lowest BCUT2D eigenvalue weighted by molar-refractivity contribution is 0.0637.